The van der Waals surface area contributed by atoms with Crippen molar-refractivity contribution in [3.8, 4) is 16.5 Å². The molecule has 1 aromatic carbocycles. The van der Waals surface area contributed by atoms with Gasteiger partial charge in [-0.25, -0.2) is 8.42 Å². The van der Waals surface area contributed by atoms with Gasteiger partial charge in [0.05, 0.1) is 12.0 Å². The lowest BCUT2D eigenvalue weighted by molar-refractivity contribution is 0.185. The summed E-state index contributed by atoms with van der Waals surface area (Å²) in [4.78, 5) is 7.93. The molecule has 0 N–H and O–H groups in total. The van der Waals surface area contributed by atoms with Crippen molar-refractivity contribution in [2.45, 2.75) is 17.7 Å². The van der Waals surface area contributed by atoms with Crippen LogP contribution in [0.2, 0.25) is 0 Å². The van der Waals surface area contributed by atoms with E-state index in [2.05, 4.69) is 15.0 Å². The number of para-hydroxylation sites is 1. The molecule has 0 radical (unpaired) electrons. The maximum absolute atomic E-state index is 13.0. The first-order chi connectivity index (χ1) is 14.6. The molecule has 160 valence electrons. The molecular formula is C20H24N4O4S2. The molecule has 0 amide bonds. The Morgan fingerprint density at radius 2 is 1.93 bits per heavy atom. The summed E-state index contributed by atoms with van der Waals surface area (Å²) >= 11 is 1.58. The number of sulfonamides is 1. The van der Waals surface area contributed by atoms with Crippen molar-refractivity contribution in [1.82, 2.24) is 19.3 Å². The fraction of sp³-hybridized carbons (Fsp3) is 0.400. The van der Waals surface area contributed by atoms with Crippen molar-refractivity contribution in [2.75, 3.05) is 39.8 Å². The van der Waals surface area contributed by atoms with Gasteiger partial charge in [0, 0.05) is 32.6 Å². The van der Waals surface area contributed by atoms with E-state index < -0.39 is 10.0 Å². The van der Waals surface area contributed by atoms with Gasteiger partial charge in [0.25, 0.3) is 0 Å². The van der Waals surface area contributed by atoms with Crippen LogP contribution in [0.25, 0.3) is 10.7 Å². The second kappa shape index (κ2) is 9.25. The molecule has 0 unspecified atom stereocenters. The van der Waals surface area contributed by atoms with Gasteiger partial charge in [0.15, 0.2) is 0 Å². The Kier molecular flexibility index (Phi) is 6.47. The van der Waals surface area contributed by atoms with Gasteiger partial charge in [-0.15, -0.1) is 11.3 Å². The summed E-state index contributed by atoms with van der Waals surface area (Å²) in [6.07, 6.45) is 1.59. The van der Waals surface area contributed by atoms with Crippen LogP contribution in [0.5, 0.6) is 5.75 Å². The van der Waals surface area contributed by atoms with E-state index in [1.807, 2.05) is 17.5 Å². The van der Waals surface area contributed by atoms with Crippen LogP contribution in [0, 0.1) is 0 Å². The standard InChI is InChI=1S/C20H24N4O4S2/c1-27-16-6-2-3-8-18(16)30(25,26)24-13-11-23(12-14-24)10-4-9-19-21-20(22-28-19)17-7-5-15-29-17/h2-3,5-8,15H,4,9-14H2,1H3. The molecule has 1 aliphatic heterocycles. The van der Waals surface area contributed by atoms with E-state index in [0.29, 0.717) is 50.1 Å². The number of nitrogens with zero attached hydrogens (tertiary/aromatic N) is 4. The summed E-state index contributed by atoms with van der Waals surface area (Å²) in [6.45, 7) is 3.17. The molecule has 2 aromatic heterocycles. The summed E-state index contributed by atoms with van der Waals surface area (Å²) in [7, 11) is -2.08. The van der Waals surface area contributed by atoms with Crippen LogP contribution in [0.15, 0.2) is 51.2 Å². The van der Waals surface area contributed by atoms with Crippen molar-refractivity contribution in [3.63, 3.8) is 0 Å². The molecule has 1 aliphatic rings. The van der Waals surface area contributed by atoms with Crippen LogP contribution in [0.4, 0.5) is 0 Å². The van der Waals surface area contributed by atoms with Crippen molar-refractivity contribution < 1.29 is 17.7 Å². The maximum Gasteiger partial charge on any atom is 0.246 e. The zero-order chi connectivity index (χ0) is 21.0. The molecule has 30 heavy (non-hydrogen) atoms. The van der Waals surface area contributed by atoms with Crippen LogP contribution in [0.1, 0.15) is 12.3 Å². The summed E-state index contributed by atoms with van der Waals surface area (Å²) in [5, 5.41) is 6.02. The molecule has 8 nitrogen and oxygen atoms in total. The minimum Gasteiger partial charge on any atom is -0.495 e. The van der Waals surface area contributed by atoms with E-state index in [1.165, 1.54) is 11.4 Å². The summed E-state index contributed by atoms with van der Waals surface area (Å²) < 4.78 is 38.0. The molecule has 0 saturated carbocycles. The third-order valence-electron chi connectivity index (χ3n) is 5.09. The Morgan fingerprint density at radius 3 is 2.67 bits per heavy atom. The fourth-order valence-electron chi connectivity index (χ4n) is 3.48. The molecule has 0 atom stereocenters. The van der Waals surface area contributed by atoms with Gasteiger partial charge >= 0.3 is 0 Å². The fourth-order valence-corrected chi connectivity index (χ4v) is 5.71. The molecule has 1 fully saturated rings. The minimum absolute atomic E-state index is 0.221. The second-order valence-corrected chi connectivity index (χ2v) is 9.84. The first kappa shape index (κ1) is 21.0. The van der Waals surface area contributed by atoms with Crippen LogP contribution in [-0.4, -0.2) is 67.6 Å². The maximum atomic E-state index is 13.0. The number of piperazine rings is 1. The lowest BCUT2D eigenvalue weighted by Crippen LogP contribution is -2.48. The van der Waals surface area contributed by atoms with Crippen molar-refractivity contribution in [3.05, 3.63) is 47.7 Å². The van der Waals surface area contributed by atoms with Crippen LogP contribution >= 0.6 is 11.3 Å². The molecule has 0 spiro atoms. The van der Waals surface area contributed by atoms with Gasteiger partial charge in [0.1, 0.15) is 10.6 Å². The number of aryl methyl sites for hydroxylation is 1. The Bertz CT molecular complexity index is 1060. The predicted octanol–water partition coefficient (Wildman–Crippen LogP) is 2.75. The molecule has 3 aromatic rings. The number of hydrogen-bond acceptors (Lipinski definition) is 8. The minimum atomic E-state index is -3.56. The SMILES string of the molecule is COc1ccccc1S(=O)(=O)N1CCN(CCCc2nc(-c3cccs3)no2)CC1. The van der Waals surface area contributed by atoms with E-state index >= 15 is 0 Å². The predicted molar refractivity (Wildman–Crippen MR) is 114 cm³/mol. The quantitative estimate of drug-likeness (QED) is 0.523. The van der Waals surface area contributed by atoms with Gasteiger partial charge < -0.3 is 14.2 Å². The number of hydrogen-bond donors (Lipinski definition) is 0. The molecular weight excluding hydrogens is 424 g/mol. The highest BCUT2D eigenvalue weighted by molar-refractivity contribution is 7.89. The van der Waals surface area contributed by atoms with Gasteiger partial charge in [-0.3, -0.25) is 0 Å². The number of benzene rings is 1. The number of rotatable bonds is 8. The highest BCUT2D eigenvalue weighted by atomic mass is 32.2. The summed E-state index contributed by atoms with van der Waals surface area (Å²) in [6, 6.07) is 10.7. The monoisotopic (exact) mass is 448 g/mol. The summed E-state index contributed by atoms with van der Waals surface area (Å²) in [5.74, 6) is 1.65. The smallest absolute Gasteiger partial charge is 0.246 e. The van der Waals surface area contributed by atoms with E-state index in [4.69, 9.17) is 9.26 Å². The Hall–Kier alpha value is -2.27. The number of aromatic nitrogens is 2. The molecule has 4 rings (SSSR count). The second-order valence-electron chi connectivity index (χ2n) is 6.99. The van der Waals surface area contributed by atoms with Crippen molar-refractivity contribution >= 4 is 21.4 Å². The third-order valence-corrected chi connectivity index (χ3v) is 7.90. The lowest BCUT2D eigenvalue weighted by atomic mass is 10.2. The van der Waals surface area contributed by atoms with E-state index in [1.54, 1.807) is 35.6 Å². The third kappa shape index (κ3) is 4.56. The lowest BCUT2D eigenvalue weighted by Gasteiger charge is -2.34. The highest BCUT2D eigenvalue weighted by Crippen LogP contribution is 2.27. The molecule has 0 bridgehead atoms. The van der Waals surface area contributed by atoms with Crippen molar-refractivity contribution in [1.29, 1.82) is 0 Å². The summed E-state index contributed by atoms with van der Waals surface area (Å²) in [5.41, 5.74) is 0. The molecule has 0 aliphatic carbocycles. The normalized spacial score (nSPS) is 16.0. The first-order valence-corrected chi connectivity index (χ1v) is 12.1. The van der Waals surface area contributed by atoms with Crippen molar-refractivity contribution in [2.24, 2.45) is 0 Å². The zero-order valence-corrected chi connectivity index (χ0v) is 18.4. The zero-order valence-electron chi connectivity index (χ0n) is 16.7. The van der Waals surface area contributed by atoms with Gasteiger partial charge in [-0.05, 0) is 36.5 Å². The van der Waals surface area contributed by atoms with E-state index in [9.17, 15) is 8.42 Å². The van der Waals surface area contributed by atoms with Gasteiger partial charge in [-0.1, -0.05) is 23.4 Å². The topological polar surface area (TPSA) is 88.8 Å². The molecule has 1 saturated heterocycles. The Labute approximate surface area is 180 Å². The highest BCUT2D eigenvalue weighted by Gasteiger charge is 2.30. The van der Waals surface area contributed by atoms with Gasteiger partial charge in [-0.2, -0.15) is 9.29 Å². The van der Waals surface area contributed by atoms with Crippen LogP contribution in [-0.2, 0) is 16.4 Å². The van der Waals surface area contributed by atoms with Crippen LogP contribution in [0.3, 0.4) is 0 Å². The molecule has 10 heteroatoms. The largest absolute Gasteiger partial charge is 0.495 e. The van der Waals surface area contributed by atoms with E-state index in [0.717, 1.165) is 17.8 Å². The number of thiophene rings is 1. The Morgan fingerprint density at radius 1 is 1.13 bits per heavy atom. The van der Waals surface area contributed by atoms with Gasteiger partial charge in [0.2, 0.25) is 21.7 Å². The number of methoxy groups -OCH3 is 1. The average molecular weight is 449 g/mol. The number of ether oxygens (including phenoxy) is 1. The Balaban J connectivity index is 1.27. The van der Waals surface area contributed by atoms with Crippen LogP contribution < -0.4 is 4.74 Å². The van der Waals surface area contributed by atoms with E-state index in [-0.39, 0.29) is 4.90 Å². The average Bonchev–Trinajstić information content (AvgIpc) is 3.46. The first-order valence-electron chi connectivity index (χ1n) is 9.80. The molecule has 3 heterocycles.